The summed E-state index contributed by atoms with van der Waals surface area (Å²) in [6.07, 6.45) is -4.80. The molecule has 0 fully saturated rings. The van der Waals surface area contributed by atoms with Crippen LogP contribution in [0.15, 0.2) is 48.5 Å². The van der Waals surface area contributed by atoms with Crippen LogP contribution in [0.4, 0.5) is 13.2 Å². The maximum atomic E-state index is 12.7. The van der Waals surface area contributed by atoms with Crippen molar-refractivity contribution in [2.24, 2.45) is 0 Å². The first-order valence-electron chi connectivity index (χ1n) is 8.08. The van der Waals surface area contributed by atoms with E-state index in [1.54, 1.807) is 31.2 Å². The van der Waals surface area contributed by atoms with Crippen molar-refractivity contribution in [1.29, 1.82) is 0 Å². The molecule has 4 nitrogen and oxygen atoms in total. The van der Waals surface area contributed by atoms with Gasteiger partial charge in [0, 0.05) is 6.54 Å². The Morgan fingerprint density at radius 1 is 1.12 bits per heavy atom. The quantitative estimate of drug-likeness (QED) is 0.798. The van der Waals surface area contributed by atoms with Gasteiger partial charge >= 0.3 is 6.18 Å². The maximum Gasteiger partial charge on any atom is 0.416 e. The summed E-state index contributed by atoms with van der Waals surface area (Å²) in [6, 6.07) is 11.8. The van der Waals surface area contributed by atoms with E-state index in [2.05, 4.69) is 5.32 Å². The molecule has 0 aliphatic rings. The molecule has 1 atom stereocenters. The number of methoxy groups -OCH3 is 1. The molecule has 2 rings (SSSR count). The summed E-state index contributed by atoms with van der Waals surface area (Å²) < 4.78 is 49.1. The molecule has 0 aliphatic heterocycles. The third kappa shape index (κ3) is 5.15. The fraction of sp³-hybridized carbons (Fsp3) is 0.316. The van der Waals surface area contributed by atoms with Gasteiger partial charge in [-0.25, -0.2) is 0 Å². The van der Waals surface area contributed by atoms with E-state index in [1.807, 2.05) is 0 Å². The third-order valence-electron chi connectivity index (χ3n) is 3.72. The van der Waals surface area contributed by atoms with Crippen LogP contribution in [0.3, 0.4) is 0 Å². The van der Waals surface area contributed by atoms with Crippen molar-refractivity contribution < 1.29 is 27.4 Å². The van der Waals surface area contributed by atoms with Crippen LogP contribution in [0, 0.1) is 0 Å². The van der Waals surface area contributed by atoms with Gasteiger partial charge in [-0.1, -0.05) is 31.2 Å². The molecule has 0 aliphatic carbocycles. The number of benzene rings is 2. The lowest BCUT2D eigenvalue weighted by molar-refractivity contribution is -0.137. The second-order valence-electron chi connectivity index (χ2n) is 5.58. The minimum absolute atomic E-state index is 0.0193. The molecule has 0 unspecified atom stereocenters. The fourth-order valence-corrected chi connectivity index (χ4v) is 2.35. The number of amides is 1. The number of carbonyl (C=O) groups excluding carboxylic acids is 1. The molecule has 140 valence electrons. The standard InChI is InChI=1S/C19H20F3NO3/c1-3-15(26-17-10-5-4-9-16(17)25-2)18(24)23-12-13-7-6-8-14(11-13)19(20,21)22/h4-11,15H,3,12H2,1-2H3,(H,23,24)/t15-/m1/s1. The van der Waals surface area contributed by atoms with Gasteiger partial charge in [0.25, 0.3) is 5.91 Å². The number of rotatable bonds is 7. The molecule has 0 radical (unpaired) electrons. The lowest BCUT2D eigenvalue weighted by Crippen LogP contribution is -2.37. The van der Waals surface area contributed by atoms with E-state index >= 15 is 0 Å². The van der Waals surface area contributed by atoms with Gasteiger partial charge in [-0.15, -0.1) is 0 Å². The Bertz CT molecular complexity index is 747. The maximum absolute atomic E-state index is 12.7. The van der Waals surface area contributed by atoms with E-state index in [9.17, 15) is 18.0 Å². The second-order valence-corrected chi connectivity index (χ2v) is 5.58. The molecular formula is C19H20F3NO3. The van der Waals surface area contributed by atoms with Crippen LogP contribution in [0.2, 0.25) is 0 Å². The van der Waals surface area contributed by atoms with Crippen molar-refractivity contribution in [3.63, 3.8) is 0 Å². The van der Waals surface area contributed by atoms with E-state index in [-0.39, 0.29) is 6.54 Å². The number of para-hydroxylation sites is 2. The Balaban J connectivity index is 2.01. The monoisotopic (exact) mass is 367 g/mol. The van der Waals surface area contributed by atoms with Crippen molar-refractivity contribution in [2.75, 3.05) is 7.11 Å². The molecule has 0 spiro atoms. The molecule has 0 heterocycles. The summed E-state index contributed by atoms with van der Waals surface area (Å²) in [5.41, 5.74) is -0.387. The average Bonchev–Trinajstić information content (AvgIpc) is 2.64. The molecule has 0 aromatic heterocycles. The number of halogens is 3. The molecule has 2 aromatic rings. The first-order valence-corrected chi connectivity index (χ1v) is 8.08. The summed E-state index contributed by atoms with van der Waals surface area (Å²) in [4.78, 5) is 12.3. The fourth-order valence-electron chi connectivity index (χ4n) is 2.35. The molecule has 2 aromatic carbocycles. The molecule has 1 amide bonds. The Labute approximate surface area is 149 Å². The van der Waals surface area contributed by atoms with Gasteiger partial charge in [-0.3, -0.25) is 4.79 Å². The van der Waals surface area contributed by atoms with Crippen molar-refractivity contribution in [1.82, 2.24) is 5.32 Å². The number of ether oxygens (including phenoxy) is 2. The van der Waals surface area contributed by atoms with Gasteiger partial charge in [-0.2, -0.15) is 13.2 Å². The zero-order valence-corrected chi connectivity index (χ0v) is 14.5. The van der Waals surface area contributed by atoms with Crippen LogP contribution in [0.5, 0.6) is 11.5 Å². The highest BCUT2D eigenvalue weighted by Gasteiger charge is 2.30. The summed E-state index contributed by atoms with van der Waals surface area (Å²) in [6.45, 7) is 1.76. The second kappa shape index (κ2) is 8.60. The van der Waals surface area contributed by atoms with Crippen LogP contribution >= 0.6 is 0 Å². The van der Waals surface area contributed by atoms with Gasteiger partial charge in [0.2, 0.25) is 0 Å². The average molecular weight is 367 g/mol. The van der Waals surface area contributed by atoms with Gasteiger partial charge in [0.15, 0.2) is 17.6 Å². The minimum atomic E-state index is -4.42. The van der Waals surface area contributed by atoms with Gasteiger partial charge in [0.05, 0.1) is 12.7 Å². The molecule has 0 bridgehead atoms. The van der Waals surface area contributed by atoms with E-state index in [4.69, 9.17) is 9.47 Å². The SMILES string of the molecule is CC[C@@H](Oc1ccccc1OC)C(=O)NCc1cccc(C(F)(F)F)c1. The van der Waals surface area contributed by atoms with Crippen LogP contribution in [0.25, 0.3) is 0 Å². The summed E-state index contributed by atoms with van der Waals surface area (Å²) in [5.74, 6) is 0.517. The molecule has 0 saturated carbocycles. The molecular weight excluding hydrogens is 347 g/mol. The highest BCUT2D eigenvalue weighted by molar-refractivity contribution is 5.81. The van der Waals surface area contributed by atoms with Crippen molar-refractivity contribution in [2.45, 2.75) is 32.2 Å². The zero-order chi connectivity index (χ0) is 19.2. The van der Waals surface area contributed by atoms with Gasteiger partial charge in [-0.05, 0) is 36.2 Å². The molecule has 26 heavy (non-hydrogen) atoms. The zero-order valence-electron chi connectivity index (χ0n) is 14.5. The highest BCUT2D eigenvalue weighted by atomic mass is 19.4. The van der Waals surface area contributed by atoms with Crippen LogP contribution in [-0.2, 0) is 17.5 Å². The summed E-state index contributed by atoms with van der Waals surface area (Å²) >= 11 is 0. The molecule has 1 N–H and O–H groups in total. The highest BCUT2D eigenvalue weighted by Crippen LogP contribution is 2.30. The Kier molecular flexibility index (Phi) is 6.49. The van der Waals surface area contributed by atoms with Crippen LogP contribution in [0.1, 0.15) is 24.5 Å². The van der Waals surface area contributed by atoms with Crippen LogP contribution in [-0.4, -0.2) is 19.1 Å². The lowest BCUT2D eigenvalue weighted by Gasteiger charge is -2.19. The number of nitrogens with one attached hydrogen (secondary N) is 1. The number of hydrogen-bond donors (Lipinski definition) is 1. The van der Waals surface area contributed by atoms with Crippen LogP contribution < -0.4 is 14.8 Å². The number of carbonyl (C=O) groups is 1. The van der Waals surface area contributed by atoms with E-state index in [0.29, 0.717) is 23.5 Å². The smallest absolute Gasteiger partial charge is 0.416 e. The predicted molar refractivity (Wildman–Crippen MR) is 91.0 cm³/mol. The normalized spacial score (nSPS) is 12.3. The molecule has 7 heteroatoms. The molecule has 0 saturated heterocycles. The Morgan fingerprint density at radius 2 is 1.81 bits per heavy atom. The number of alkyl halides is 3. The Hall–Kier alpha value is -2.70. The third-order valence-corrected chi connectivity index (χ3v) is 3.72. The van der Waals surface area contributed by atoms with E-state index in [1.165, 1.54) is 19.2 Å². The first-order chi connectivity index (χ1) is 12.3. The summed E-state index contributed by atoms with van der Waals surface area (Å²) in [7, 11) is 1.50. The largest absolute Gasteiger partial charge is 0.493 e. The topological polar surface area (TPSA) is 47.6 Å². The van der Waals surface area contributed by atoms with E-state index < -0.39 is 23.8 Å². The van der Waals surface area contributed by atoms with Gasteiger partial charge in [0.1, 0.15) is 0 Å². The predicted octanol–water partition coefficient (Wildman–Crippen LogP) is 4.19. The van der Waals surface area contributed by atoms with Crippen molar-refractivity contribution in [3.05, 3.63) is 59.7 Å². The van der Waals surface area contributed by atoms with Gasteiger partial charge < -0.3 is 14.8 Å². The lowest BCUT2D eigenvalue weighted by atomic mass is 10.1. The van der Waals surface area contributed by atoms with Crippen molar-refractivity contribution >= 4 is 5.91 Å². The minimum Gasteiger partial charge on any atom is -0.493 e. The summed E-state index contributed by atoms with van der Waals surface area (Å²) in [5, 5.41) is 2.61. The van der Waals surface area contributed by atoms with E-state index in [0.717, 1.165) is 12.1 Å². The van der Waals surface area contributed by atoms with Crippen molar-refractivity contribution in [3.8, 4) is 11.5 Å². The first kappa shape index (κ1) is 19.6. The number of hydrogen-bond acceptors (Lipinski definition) is 3. The Morgan fingerprint density at radius 3 is 2.42 bits per heavy atom.